The number of nitrogens with zero attached hydrogens (tertiary/aromatic N) is 2. The fourth-order valence-electron chi connectivity index (χ4n) is 1.55. The minimum Gasteiger partial charge on any atom is -0.257 e. The Balaban J connectivity index is 2.38. The molecule has 1 heterocycles. The van der Waals surface area contributed by atoms with Crippen molar-refractivity contribution < 1.29 is 0 Å². The monoisotopic (exact) mass is 182 g/mol. The number of rotatable bonds is 1. The highest BCUT2D eigenvalue weighted by Gasteiger charge is 2.16. The Morgan fingerprint density at radius 1 is 1.43 bits per heavy atom. The molecule has 0 aliphatic heterocycles. The molecule has 2 nitrogen and oxygen atoms in total. The molecule has 2 heteroatoms. The van der Waals surface area contributed by atoms with E-state index in [0.29, 0.717) is 0 Å². The van der Waals surface area contributed by atoms with Crippen LogP contribution in [0.3, 0.4) is 0 Å². The number of nitriles is 1. The highest BCUT2D eigenvalue weighted by Crippen LogP contribution is 2.27. The quantitative estimate of drug-likeness (QED) is 0.669. The Hall–Kier alpha value is -1.88. The lowest BCUT2D eigenvalue weighted by molar-refractivity contribution is 0.853. The summed E-state index contributed by atoms with van der Waals surface area (Å²) in [5.74, 6) is -0.0464. The fraction of sp³-hybridized carbons (Fsp3) is 0.167. The van der Waals surface area contributed by atoms with Gasteiger partial charge in [0, 0.05) is 6.20 Å². The number of hydrogen-bond acceptors (Lipinski definition) is 2. The molecule has 1 atom stereocenters. The van der Waals surface area contributed by atoms with E-state index < -0.39 is 0 Å². The number of aromatic nitrogens is 1. The molecule has 2 rings (SSSR count). The molecule has 0 radical (unpaired) electrons. The summed E-state index contributed by atoms with van der Waals surface area (Å²) < 4.78 is 0. The average Bonchev–Trinajstić information content (AvgIpc) is 2.30. The maximum atomic E-state index is 8.97. The third-order valence-electron chi connectivity index (χ3n) is 2.28. The molecule has 0 spiro atoms. The van der Waals surface area contributed by atoms with Gasteiger partial charge in [-0.25, -0.2) is 0 Å². The van der Waals surface area contributed by atoms with Crippen LogP contribution in [0.15, 0.2) is 42.6 Å². The predicted octanol–water partition coefficient (Wildman–Crippen LogP) is 2.56. The van der Waals surface area contributed by atoms with E-state index in [4.69, 9.17) is 5.26 Å². The highest BCUT2D eigenvalue weighted by molar-refractivity contribution is 5.69. The second kappa shape index (κ2) is 3.89. The van der Waals surface area contributed by atoms with Crippen molar-refractivity contribution >= 4 is 5.57 Å². The SMILES string of the molecule is N#CC1CC=CC=C1c1ccccn1. The van der Waals surface area contributed by atoms with Crippen LogP contribution in [-0.4, -0.2) is 4.98 Å². The van der Waals surface area contributed by atoms with Crippen LogP contribution in [0, 0.1) is 17.2 Å². The molecule has 0 bridgehead atoms. The van der Waals surface area contributed by atoms with Crippen molar-refractivity contribution in [3.8, 4) is 6.07 Å². The van der Waals surface area contributed by atoms with E-state index in [1.165, 1.54) is 0 Å². The van der Waals surface area contributed by atoms with Crippen molar-refractivity contribution in [3.05, 3.63) is 48.3 Å². The second-order valence-electron chi connectivity index (χ2n) is 3.18. The fourth-order valence-corrected chi connectivity index (χ4v) is 1.55. The molecule has 0 aromatic carbocycles. The van der Waals surface area contributed by atoms with E-state index in [-0.39, 0.29) is 5.92 Å². The summed E-state index contributed by atoms with van der Waals surface area (Å²) in [6.45, 7) is 0. The first kappa shape index (κ1) is 8.71. The van der Waals surface area contributed by atoms with Crippen LogP contribution in [0.25, 0.3) is 5.57 Å². The summed E-state index contributed by atoms with van der Waals surface area (Å²) in [4.78, 5) is 4.25. The van der Waals surface area contributed by atoms with E-state index in [2.05, 4.69) is 11.1 Å². The predicted molar refractivity (Wildman–Crippen MR) is 55.1 cm³/mol. The lowest BCUT2D eigenvalue weighted by Gasteiger charge is -2.13. The molecular formula is C12H10N2. The molecule has 14 heavy (non-hydrogen) atoms. The summed E-state index contributed by atoms with van der Waals surface area (Å²) >= 11 is 0. The van der Waals surface area contributed by atoms with Gasteiger partial charge in [0.25, 0.3) is 0 Å². The van der Waals surface area contributed by atoms with Gasteiger partial charge in [0.15, 0.2) is 0 Å². The van der Waals surface area contributed by atoms with Crippen molar-refractivity contribution in [1.82, 2.24) is 4.98 Å². The van der Waals surface area contributed by atoms with E-state index in [0.717, 1.165) is 17.7 Å². The van der Waals surface area contributed by atoms with Gasteiger partial charge in [-0.3, -0.25) is 4.98 Å². The normalized spacial score (nSPS) is 19.9. The summed E-state index contributed by atoms with van der Waals surface area (Å²) in [6.07, 6.45) is 8.51. The van der Waals surface area contributed by atoms with Gasteiger partial charge < -0.3 is 0 Å². The molecule has 0 N–H and O–H groups in total. The average molecular weight is 182 g/mol. The minimum atomic E-state index is -0.0464. The molecule has 1 aliphatic carbocycles. The molecule has 0 saturated carbocycles. The van der Waals surface area contributed by atoms with Gasteiger partial charge in [-0.1, -0.05) is 24.3 Å². The minimum absolute atomic E-state index is 0.0464. The summed E-state index contributed by atoms with van der Waals surface area (Å²) in [5, 5.41) is 8.97. The lowest BCUT2D eigenvalue weighted by atomic mass is 9.90. The molecule has 0 amide bonds. The largest absolute Gasteiger partial charge is 0.257 e. The Morgan fingerprint density at radius 2 is 2.36 bits per heavy atom. The zero-order valence-corrected chi connectivity index (χ0v) is 7.72. The van der Waals surface area contributed by atoms with Crippen LogP contribution < -0.4 is 0 Å². The van der Waals surface area contributed by atoms with Crippen LogP contribution in [-0.2, 0) is 0 Å². The highest BCUT2D eigenvalue weighted by atomic mass is 14.7. The van der Waals surface area contributed by atoms with Gasteiger partial charge in [0.2, 0.25) is 0 Å². The third-order valence-corrected chi connectivity index (χ3v) is 2.28. The van der Waals surface area contributed by atoms with Gasteiger partial charge in [-0.05, 0) is 24.1 Å². The number of hydrogen-bond donors (Lipinski definition) is 0. The number of pyridine rings is 1. The Labute approximate surface area is 83.2 Å². The Morgan fingerprint density at radius 3 is 3.07 bits per heavy atom. The van der Waals surface area contributed by atoms with Gasteiger partial charge in [-0.15, -0.1) is 0 Å². The smallest absolute Gasteiger partial charge is 0.0768 e. The molecule has 1 aromatic heterocycles. The molecule has 1 aromatic rings. The topological polar surface area (TPSA) is 36.7 Å². The van der Waals surface area contributed by atoms with Crippen molar-refractivity contribution in [2.24, 2.45) is 5.92 Å². The van der Waals surface area contributed by atoms with Gasteiger partial charge >= 0.3 is 0 Å². The van der Waals surface area contributed by atoms with Crippen molar-refractivity contribution in [2.45, 2.75) is 6.42 Å². The molecule has 1 aliphatic rings. The summed E-state index contributed by atoms with van der Waals surface area (Å²) in [7, 11) is 0. The molecule has 0 saturated heterocycles. The second-order valence-corrected chi connectivity index (χ2v) is 3.18. The third kappa shape index (κ3) is 1.57. The zero-order valence-electron chi connectivity index (χ0n) is 7.72. The zero-order chi connectivity index (χ0) is 9.80. The van der Waals surface area contributed by atoms with Crippen LogP contribution in [0.5, 0.6) is 0 Å². The van der Waals surface area contributed by atoms with Crippen LogP contribution >= 0.6 is 0 Å². The van der Waals surface area contributed by atoms with Crippen LogP contribution in [0.1, 0.15) is 12.1 Å². The standard InChI is InChI=1S/C12H10N2/c13-9-10-5-1-2-6-11(10)12-7-3-4-8-14-12/h1-4,6-8,10H,5H2. The van der Waals surface area contributed by atoms with Gasteiger partial charge in [0.1, 0.15) is 0 Å². The van der Waals surface area contributed by atoms with E-state index in [1.54, 1.807) is 6.20 Å². The Kier molecular flexibility index (Phi) is 2.42. The van der Waals surface area contributed by atoms with Crippen LogP contribution in [0.4, 0.5) is 0 Å². The van der Waals surface area contributed by atoms with Gasteiger partial charge in [-0.2, -0.15) is 5.26 Å². The van der Waals surface area contributed by atoms with E-state index in [1.807, 2.05) is 36.4 Å². The maximum absolute atomic E-state index is 8.97. The van der Waals surface area contributed by atoms with E-state index >= 15 is 0 Å². The first-order valence-electron chi connectivity index (χ1n) is 4.59. The van der Waals surface area contributed by atoms with E-state index in [9.17, 15) is 0 Å². The molecule has 68 valence electrons. The maximum Gasteiger partial charge on any atom is 0.0768 e. The van der Waals surface area contributed by atoms with Crippen LogP contribution in [0.2, 0.25) is 0 Å². The van der Waals surface area contributed by atoms with Crippen molar-refractivity contribution in [2.75, 3.05) is 0 Å². The Bertz CT molecular complexity index is 410. The molecular weight excluding hydrogens is 172 g/mol. The summed E-state index contributed by atoms with van der Waals surface area (Å²) in [5.41, 5.74) is 1.93. The summed E-state index contributed by atoms with van der Waals surface area (Å²) in [6, 6.07) is 8.05. The lowest BCUT2D eigenvalue weighted by Crippen LogP contribution is -2.03. The number of allylic oxidation sites excluding steroid dienone is 4. The van der Waals surface area contributed by atoms with Crippen molar-refractivity contribution in [3.63, 3.8) is 0 Å². The van der Waals surface area contributed by atoms with Crippen molar-refractivity contribution in [1.29, 1.82) is 5.26 Å². The molecule has 1 unspecified atom stereocenters. The molecule has 0 fully saturated rings. The van der Waals surface area contributed by atoms with Gasteiger partial charge in [0.05, 0.1) is 17.7 Å². The first-order valence-corrected chi connectivity index (χ1v) is 4.59. The first-order chi connectivity index (χ1) is 6.92.